The summed E-state index contributed by atoms with van der Waals surface area (Å²) in [5.74, 6) is -0.607. The third-order valence-corrected chi connectivity index (χ3v) is 7.18. The quantitative estimate of drug-likeness (QED) is 0.337. The van der Waals surface area contributed by atoms with Crippen molar-refractivity contribution in [3.8, 4) is 0 Å². The molecule has 1 amide bonds. The first kappa shape index (κ1) is 29.4. The van der Waals surface area contributed by atoms with Crippen molar-refractivity contribution in [1.82, 2.24) is 4.98 Å². The number of hydrogen-bond donors (Lipinski definition) is 3. The number of aliphatic hydroxyl groups excluding tert-OH is 2. The molecule has 2 atom stereocenters. The molecule has 7 nitrogen and oxygen atoms in total. The first-order valence-corrected chi connectivity index (χ1v) is 11.9. The van der Waals surface area contributed by atoms with Crippen LogP contribution < -0.4 is 9.80 Å². The molecule has 0 bridgehead atoms. The van der Waals surface area contributed by atoms with E-state index >= 15 is 0 Å². The van der Waals surface area contributed by atoms with E-state index in [0.29, 0.717) is 15.7 Å². The van der Waals surface area contributed by atoms with E-state index in [2.05, 4.69) is 4.98 Å². The van der Waals surface area contributed by atoms with Crippen molar-refractivity contribution in [1.29, 1.82) is 0 Å². The van der Waals surface area contributed by atoms with Crippen molar-refractivity contribution in [3.05, 3.63) is 50.7 Å². The zero-order chi connectivity index (χ0) is 28.1. The summed E-state index contributed by atoms with van der Waals surface area (Å²) < 4.78 is 80.5. The van der Waals surface area contributed by atoms with Gasteiger partial charge in [0.2, 0.25) is 5.91 Å². The molecule has 204 valence electrons. The van der Waals surface area contributed by atoms with Crippen LogP contribution in [0, 0.1) is 3.57 Å². The molecule has 1 aromatic carbocycles. The predicted molar refractivity (Wildman–Crippen MR) is 130 cm³/mol. The monoisotopic (exact) mass is 647 g/mol. The fourth-order valence-corrected chi connectivity index (χ4v) is 4.94. The molecule has 1 aliphatic heterocycles. The fraction of sp³-hybridized carbons (Fsp3) is 0.478. The molecule has 3 N–H and O–H groups in total. The Morgan fingerprint density at radius 3 is 2.08 bits per heavy atom. The van der Waals surface area contributed by atoms with Crippen LogP contribution in [0.15, 0.2) is 30.5 Å². The van der Waals surface area contributed by atoms with Crippen molar-refractivity contribution >= 4 is 40.0 Å². The lowest BCUT2D eigenvalue weighted by atomic mass is 9.81. The number of β-amino-alcohol motifs (C(OH)–C–C–N with tert-alkyl or cyclic N) is 1. The van der Waals surface area contributed by atoms with Crippen LogP contribution in [0.5, 0.6) is 0 Å². The second-order valence-electron chi connectivity index (χ2n) is 9.39. The van der Waals surface area contributed by atoms with Crippen LogP contribution in [0.1, 0.15) is 37.0 Å². The van der Waals surface area contributed by atoms with Gasteiger partial charge in [0, 0.05) is 23.6 Å². The number of aromatic nitrogens is 1. The molecule has 1 saturated heterocycles. The highest BCUT2D eigenvalue weighted by atomic mass is 127. The molecule has 1 aromatic heterocycles. The Morgan fingerprint density at radius 1 is 1.11 bits per heavy atom. The van der Waals surface area contributed by atoms with Gasteiger partial charge >= 0.3 is 12.4 Å². The average Bonchev–Trinajstić information content (AvgIpc) is 3.11. The van der Waals surface area contributed by atoms with Gasteiger partial charge in [-0.25, -0.2) is 4.98 Å². The number of halogens is 7. The lowest BCUT2D eigenvalue weighted by molar-refractivity contribution is -0.143. The SMILES string of the molecule is CN(C(=O)C(C)(C)c1cc(C(F)(F)F)cc(C(F)(F)F)c1)c1cnc(N2C[C@H](O)C[C@]2(O)CO)cc1I. The maximum absolute atomic E-state index is 13.4. The minimum Gasteiger partial charge on any atom is -0.391 e. The van der Waals surface area contributed by atoms with Gasteiger partial charge in [-0.1, -0.05) is 0 Å². The number of benzene rings is 1. The van der Waals surface area contributed by atoms with Crippen molar-refractivity contribution in [2.75, 3.05) is 30.0 Å². The number of carbonyl (C=O) groups is 1. The van der Waals surface area contributed by atoms with Crippen LogP contribution in [0.2, 0.25) is 0 Å². The zero-order valence-electron chi connectivity index (χ0n) is 19.8. The molecule has 0 radical (unpaired) electrons. The molecule has 0 spiro atoms. The molecular formula is C23H24F6IN3O4. The molecule has 0 unspecified atom stereocenters. The van der Waals surface area contributed by atoms with Gasteiger partial charge in [0.05, 0.1) is 41.1 Å². The van der Waals surface area contributed by atoms with Crippen molar-refractivity contribution in [2.45, 2.75) is 49.9 Å². The van der Waals surface area contributed by atoms with Gasteiger partial charge in [-0.15, -0.1) is 0 Å². The number of amides is 1. The summed E-state index contributed by atoms with van der Waals surface area (Å²) in [7, 11) is 1.31. The summed E-state index contributed by atoms with van der Waals surface area (Å²) in [4.78, 5) is 20.0. The van der Waals surface area contributed by atoms with Gasteiger partial charge in [-0.2, -0.15) is 26.3 Å². The number of anilines is 2. The number of alkyl halides is 6. The third-order valence-electron chi connectivity index (χ3n) is 6.32. The molecule has 3 rings (SSSR count). The smallest absolute Gasteiger partial charge is 0.391 e. The summed E-state index contributed by atoms with van der Waals surface area (Å²) in [6, 6.07) is 2.53. The van der Waals surface area contributed by atoms with E-state index in [4.69, 9.17) is 0 Å². The van der Waals surface area contributed by atoms with Crippen LogP contribution in [0.4, 0.5) is 37.8 Å². The van der Waals surface area contributed by atoms with E-state index in [9.17, 15) is 46.5 Å². The minimum absolute atomic E-state index is 0.00220. The number of hydrogen-bond acceptors (Lipinski definition) is 6. The second kappa shape index (κ2) is 9.85. The van der Waals surface area contributed by atoms with Gasteiger partial charge < -0.3 is 25.1 Å². The molecule has 2 aromatic rings. The van der Waals surface area contributed by atoms with E-state index in [0.717, 1.165) is 4.90 Å². The normalized spacial score (nSPS) is 20.9. The summed E-state index contributed by atoms with van der Waals surface area (Å²) in [5, 5.41) is 30.1. The number of aliphatic hydroxyl groups is 3. The predicted octanol–water partition coefficient (Wildman–Crippen LogP) is 3.92. The Labute approximate surface area is 221 Å². The molecular weight excluding hydrogens is 623 g/mol. The number of pyridine rings is 1. The summed E-state index contributed by atoms with van der Waals surface area (Å²) in [6.45, 7) is 1.76. The summed E-state index contributed by atoms with van der Waals surface area (Å²) in [6.07, 6.45) is -9.91. The zero-order valence-corrected chi connectivity index (χ0v) is 22.0. The average molecular weight is 647 g/mol. The molecule has 1 fully saturated rings. The molecule has 0 aliphatic carbocycles. The van der Waals surface area contributed by atoms with Gasteiger partial charge in [0.1, 0.15) is 5.82 Å². The van der Waals surface area contributed by atoms with Crippen LogP contribution in [-0.2, 0) is 22.6 Å². The number of rotatable bonds is 5. The Morgan fingerprint density at radius 2 is 1.62 bits per heavy atom. The van der Waals surface area contributed by atoms with Crippen LogP contribution in [0.3, 0.4) is 0 Å². The lowest BCUT2D eigenvalue weighted by Crippen LogP contribution is -2.47. The van der Waals surface area contributed by atoms with Crippen LogP contribution in [-0.4, -0.2) is 58.2 Å². The standard InChI is InChI=1S/C23H24F6IN3O4/c1-20(2,12-4-13(22(24,25)26)6-14(5-12)23(27,28)29)19(36)32(3)17-9-31-18(7-16(17)30)33-10-15(35)8-21(33,37)11-34/h4-7,9,15,34-35,37H,8,10-11H2,1-3H3/t15-,21+/m1/s1. The lowest BCUT2D eigenvalue weighted by Gasteiger charge is -2.33. The van der Waals surface area contributed by atoms with Gasteiger partial charge in [0.15, 0.2) is 5.72 Å². The Hall–Kier alpha value is -2.17. The van der Waals surface area contributed by atoms with Crippen LogP contribution in [0.25, 0.3) is 0 Å². The second-order valence-corrected chi connectivity index (χ2v) is 10.5. The van der Waals surface area contributed by atoms with E-state index < -0.39 is 58.8 Å². The Balaban J connectivity index is 1.98. The van der Waals surface area contributed by atoms with E-state index in [1.54, 1.807) is 0 Å². The fourth-order valence-electron chi connectivity index (χ4n) is 4.17. The van der Waals surface area contributed by atoms with Gasteiger partial charge in [0.25, 0.3) is 0 Å². The first-order chi connectivity index (χ1) is 16.8. The Bertz CT molecular complexity index is 1160. The Kier molecular flexibility index (Phi) is 7.83. The van der Waals surface area contributed by atoms with E-state index in [-0.39, 0.29) is 30.5 Å². The topological polar surface area (TPSA) is 97.1 Å². The maximum Gasteiger partial charge on any atom is 0.416 e. The summed E-state index contributed by atoms with van der Waals surface area (Å²) >= 11 is 1.86. The van der Waals surface area contributed by atoms with Gasteiger partial charge in [-0.05, 0) is 66.3 Å². The van der Waals surface area contributed by atoms with E-state index in [1.165, 1.54) is 38.1 Å². The molecule has 2 heterocycles. The van der Waals surface area contributed by atoms with Crippen molar-refractivity contribution < 1.29 is 46.5 Å². The number of likely N-dealkylation sites (N-methyl/N-ethyl adjacent to an activating group) is 1. The highest BCUT2D eigenvalue weighted by Gasteiger charge is 2.45. The van der Waals surface area contributed by atoms with Gasteiger partial charge in [-0.3, -0.25) is 4.79 Å². The molecule has 37 heavy (non-hydrogen) atoms. The largest absolute Gasteiger partial charge is 0.416 e. The minimum atomic E-state index is -5.06. The highest BCUT2D eigenvalue weighted by molar-refractivity contribution is 14.1. The highest BCUT2D eigenvalue weighted by Crippen LogP contribution is 2.40. The van der Waals surface area contributed by atoms with E-state index in [1.807, 2.05) is 22.6 Å². The number of carbonyl (C=O) groups excluding carboxylic acids is 1. The van der Waals surface area contributed by atoms with Crippen LogP contribution >= 0.6 is 22.6 Å². The van der Waals surface area contributed by atoms with Crippen molar-refractivity contribution in [3.63, 3.8) is 0 Å². The maximum atomic E-state index is 13.4. The molecule has 14 heteroatoms. The molecule has 0 saturated carbocycles. The number of nitrogens with zero attached hydrogens (tertiary/aromatic N) is 3. The summed E-state index contributed by atoms with van der Waals surface area (Å²) in [5.41, 5.74) is -6.85. The third kappa shape index (κ3) is 5.81. The molecule has 1 aliphatic rings. The first-order valence-electron chi connectivity index (χ1n) is 10.8. The van der Waals surface area contributed by atoms with Crippen molar-refractivity contribution in [2.24, 2.45) is 0 Å².